The van der Waals surface area contributed by atoms with Gasteiger partial charge in [0.1, 0.15) is 17.6 Å². The minimum Gasteiger partial charge on any atom is -0.482 e. The lowest BCUT2D eigenvalue weighted by Gasteiger charge is -2.56. The molecule has 1 fully saturated rings. The van der Waals surface area contributed by atoms with Crippen molar-refractivity contribution in [1.29, 1.82) is 0 Å². The highest BCUT2D eigenvalue weighted by Gasteiger charge is 2.80. The van der Waals surface area contributed by atoms with Crippen molar-refractivity contribution in [2.75, 3.05) is 13.2 Å². The van der Waals surface area contributed by atoms with E-state index in [4.69, 9.17) is 18.9 Å². The van der Waals surface area contributed by atoms with E-state index in [0.29, 0.717) is 23.6 Å². The fourth-order valence-electron chi connectivity index (χ4n) is 5.15. The summed E-state index contributed by atoms with van der Waals surface area (Å²) in [6, 6.07) is 11.2. The Bertz CT molecular complexity index is 1470. The molecule has 6 atom stereocenters. The maximum Gasteiger partial charge on any atom is 0.344 e. The number of hydrogen-bond donors (Lipinski definition) is 4. The molecule has 0 saturated carbocycles. The molecule has 1 saturated heterocycles. The van der Waals surface area contributed by atoms with Crippen molar-refractivity contribution in [2.24, 2.45) is 0 Å². The van der Waals surface area contributed by atoms with Crippen molar-refractivity contribution in [3.05, 3.63) is 48.0 Å². The van der Waals surface area contributed by atoms with E-state index < -0.39 is 64.4 Å². The Morgan fingerprint density at radius 3 is 2.11 bits per heavy atom. The Kier molecular flexibility index (Phi) is 10.1. The lowest BCUT2D eigenvalue weighted by molar-refractivity contribution is -0.344. The van der Waals surface area contributed by atoms with Crippen LogP contribution in [0.5, 0.6) is 11.5 Å². The SMILES string of the molecule is CCOC(=O)COc1cccc(-c2ccc(C)cc2O[C@@H]2O[C@H](C(=O)C(C)O)[C@](O)(C(C)=O)[C@@](O)(C(C)=O)[C@@]2(O)C(C)=O)c1. The number of Topliss-reactive ketones (excluding diaryl/α,β-unsaturated/α-hetero) is 4. The smallest absolute Gasteiger partial charge is 0.344 e. The topological polar surface area (TPSA) is 203 Å². The molecule has 1 aliphatic heterocycles. The van der Waals surface area contributed by atoms with E-state index in [0.717, 1.165) is 20.8 Å². The summed E-state index contributed by atoms with van der Waals surface area (Å²) in [5.41, 5.74) is -9.25. The number of aliphatic hydroxyl groups is 4. The van der Waals surface area contributed by atoms with E-state index in [1.807, 2.05) is 0 Å². The van der Waals surface area contributed by atoms with Gasteiger partial charge in [-0.3, -0.25) is 19.2 Å². The predicted octanol–water partition coefficient (Wildman–Crippen LogP) is 0.618. The summed E-state index contributed by atoms with van der Waals surface area (Å²) in [4.78, 5) is 63.7. The molecule has 0 aliphatic carbocycles. The first-order chi connectivity index (χ1) is 20.5. The van der Waals surface area contributed by atoms with Crippen molar-refractivity contribution in [3.8, 4) is 22.6 Å². The second kappa shape index (κ2) is 12.9. The molecule has 0 bridgehead atoms. The third-order valence-electron chi connectivity index (χ3n) is 7.51. The van der Waals surface area contributed by atoms with Crippen LogP contribution in [-0.2, 0) is 33.4 Å². The summed E-state index contributed by atoms with van der Waals surface area (Å²) in [7, 11) is 0. The van der Waals surface area contributed by atoms with Crippen LogP contribution in [0.25, 0.3) is 11.1 Å². The molecule has 0 spiro atoms. The number of aliphatic hydroxyl groups excluding tert-OH is 1. The number of ketones is 4. The van der Waals surface area contributed by atoms with Crippen LogP contribution in [0.2, 0.25) is 0 Å². The van der Waals surface area contributed by atoms with Crippen LogP contribution >= 0.6 is 0 Å². The number of benzene rings is 2. The third-order valence-corrected chi connectivity index (χ3v) is 7.51. The fourth-order valence-corrected chi connectivity index (χ4v) is 5.15. The van der Waals surface area contributed by atoms with E-state index in [2.05, 4.69) is 0 Å². The molecule has 3 rings (SSSR count). The largest absolute Gasteiger partial charge is 0.482 e. The van der Waals surface area contributed by atoms with E-state index in [-0.39, 0.29) is 24.7 Å². The molecule has 1 unspecified atom stereocenters. The molecule has 0 amide bonds. The highest BCUT2D eigenvalue weighted by atomic mass is 16.7. The highest BCUT2D eigenvalue weighted by Crippen LogP contribution is 2.48. The molecule has 0 aromatic heterocycles. The van der Waals surface area contributed by atoms with Crippen LogP contribution < -0.4 is 9.47 Å². The minimum absolute atomic E-state index is 0.0837. The number of carbonyl (C=O) groups is 5. The van der Waals surface area contributed by atoms with Gasteiger partial charge in [-0.1, -0.05) is 24.3 Å². The molecular weight excluding hydrogens is 580 g/mol. The first kappa shape index (κ1) is 34.5. The molecule has 13 heteroatoms. The zero-order valence-electron chi connectivity index (χ0n) is 25.2. The summed E-state index contributed by atoms with van der Waals surface area (Å²) in [5.74, 6) is -5.92. The van der Waals surface area contributed by atoms with Gasteiger partial charge in [-0.2, -0.15) is 0 Å². The third kappa shape index (κ3) is 5.76. The first-order valence-corrected chi connectivity index (χ1v) is 13.7. The second-order valence-corrected chi connectivity index (χ2v) is 10.6. The van der Waals surface area contributed by atoms with Gasteiger partial charge >= 0.3 is 5.97 Å². The summed E-state index contributed by atoms with van der Waals surface area (Å²) in [6.07, 6.45) is -6.70. The van der Waals surface area contributed by atoms with Crippen LogP contribution in [0.4, 0.5) is 0 Å². The Hall–Kier alpha value is -4.01. The van der Waals surface area contributed by atoms with Gasteiger partial charge in [-0.15, -0.1) is 0 Å². The average molecular weight is 617 g/mol. The number of aryl methyl sites for hydroxylation is 1. The van der Waals surface area contributed by atoms with Gasteiger partial charge in [0.2, 0.25) is 17.5 Å². The van der Waals surface area contributed by atoms with Gasteiger partial charge in [0, 0.05) is 5.56 Å². The first-order valence-electron chi connectivity index (χ1n) is 13.7. The lowest BCUT2D eigenvalue weighted by Crippen LogP contribution is -2.87. The van der Waals surface area contributed by atoms with Crippen molar-refractivity contribution in [1.82, 2.24) is 0 Å². The van der Waals surface area contributed by atoms with Crippen LogP contribution in [0.3, 0.4) is 0 Å². The van der Waals surface area contributed by atoms with Crippen molar-refractivity contribution in [2.45, 2.75) is 76.8 Å². The van der Waals surface area contributed by atoms with Crippen LogP contribution in [0.15, 0.2) is 42.5 Å². The summed E-state index contributed by atoms with van der Waals surface area (Å²) in [5, 5.41) is 45.1. The lowest BCUT2D eigenvalue weighted by atomic mass is 9.60. The molecule has 2 aromatic rings. The molecule has 1 aliphatic rings. The summed E-state index contributed by atoms with van der Waals surface area (Å²) < 4.78 is 21.9. The van der Waals surface area contributed by atoms with E-state index in [1.54, 1.807) is 50.2 Å². The Morgan fingerprint density at radius 1 is 0.932 bits per heavy atom. The molecule has 44 heavy (non-hydrogen) atoms. The van der Waals surface area contributed by atoms with Crippen LogP contribution in [-0.4, -0.2) is 98.0 Å². The maximum atomic E-state index is 13.1. The standard InChI is InChI=1S/C31H36O13/c1-7-41-25(36)15-42-22-10-8-9-21(14-22)23-12-11-16(2)13-24(23)43-28-30(39,19(5)34)31(40,20(6)35)29(38,18(4)33)27(44-28)26(37)17(3)32/h8-14,17,27-28,32,38-40H,7,15H2,1-6H3/t17?,27-,28-,29-,30-,31+/m1/s1. The number of carbonyl (C=O) groups excluding carboxylic acids is 5. The predicted molar refractivity (Wildman–Crippen MR) is 152 cm³/mol. The molecule has 13 nitrogen and oxygen atoms in total. The average Bonchev–Trinajstić information content (AvgIpc) is 2.95. The van der Waals surface area contributed by atoms with Crippen molar-refractivity contribution in [3.63, 3.8) is 0 Å². The molecule has 238 valence electrons. The zero-order valence-corrected chi connectivity index (χ0v) is 25.2. The van der Waals surface area contributed by atoms with Gasteiger partial charge in [-0.25, -0.2) is 4.79 Å². The number of ether oxygens (including phenoxy) is 4. The van der Waals surface area contributed by atoms with Crippen molar-refractivity contribution < 1.29 is 63.3 Å². The minimum atomic E-state index is -3.67. The van der Waals surface area contributed by atoms with Crippen molar-refractivity contribution >= 4 is 29.1 Å². The number of rotatable bonds is 12. The Labute approximate surface area is 253 Å². The van der Waals surface area contributed by atoms with Gasteiger partial charge in [0.25, 0.3) is 0 Å². The molecule has 1 heterocycles. The van der Waals surface area contributed by atoms with E-state index in [1.165, 1.54) is 6.07 Å². The quantitative estimate of drug-likeness (QED) is 0.242. The number of hydrogen-bond acceptors (Lipinski definition) is 13. The van der Waals surface area contributed by atoms with Crippen LogP contribution in [0.1, 0.15) is 40.2 Å². The molecule has 2 aromatic carbocycles. The van der Waals surface area contributed by atoms with Gasteiger partial charge < -0.3 is 39.4 Å². The molecule has 0 radical (unpaired) electrons. The monoisotopic (exact) mass is 616 g/mol. The Morgan fingerprint density at radius 2 is 1.57 bits per heavy atom. The highest BCUT2D eigenvalue weighted by molar-refractivity contribution is 6.08. The summed E-state index contributed by atoms with van der Waals surface area (Å²) >= 11 is 0. The second-order valence-electron chi connectivity index (χ2n) is 10.6. The normalized spacial score (nSPS) is 27.1. The van der Waals surface area contributed by atoms with E-state index in [9.17, 15) is 44.4 Å². The van der Waals surface area contributed by atoms with E-state index >= 15 is 0 Å². The Balaban J connectivity index is 2.20. The maximum absolute atomic E-state index is 13.1. The zero-order chi connectivity index (χ0) is 33.2. The van der Waals surface area contributed by atoms with Gasteiger partial charge in [0.15, 0.2) is 41.4 Å². The van der Waals surface area contributed by atoms with Gasteiger partial charge in [-0.05, 0) is 70.9 Å². The van der Waals surface area contributed by atoms with Gasteiger partial charge in [0.05, 0.1) is 6.61 Å². The molecular formula is C31H36O13. The fraction of sp³-hybridized carbons (Fsp3) is 0.452. The molecule has 4 N–H and O–H groups in total. The van der Waals surface area contributed by atoms with Crippen LogP contribution in [0, 0.1) is 6.92 Å². The number of esters is 1. The summed E-state index contributed by atoms with van der Waals surface area (Å²) in [6.45, 7) is 6.34.